The van der Waals surface area contributed by atoms with Gasteiger partial charge in [0.1, 0.15) is 5.56 Å². The Kier molecular flexibility index (Phi) is 4.63. The van der Waals surface area contributed by atoms with E-state index in [1.807, 2.05) is 0 Å². The van der Waals surface area contributed by atoms with Crippen molar-refractivity contribution in [2.75, 3.05) is 7.11 Å². The molecule has 0 radical (unpaired) electrons. The molecule has 0 heterocycles. The minimum absolute atomic E-state index is 0.168. The molecule has 0 spiro atoms. The van der Waals surface area contributed by atoms with Gasteiger partial charge < -0.3 is 4.74 Å². The van der Waals surface area contributed by atoms with Gasteiger partial charge in [0.15, 0.2) is 23.3 Å². The zero-order valence-electron chi connectivity index (χ0n) is 10.8. The smallest absolute Gasteiger partial charge is 0.344 e. The highest BCUT2D eigenvalue weighted by Gasteiger charge is 2.31. The second-order valence-electron chi connectivity index (χ2n) is 4.12. The highest BCUT2D eigenvalue weighted by molar-refractivity contribution is 6.36. The van der Waals surface area contributed by atoms with Crippen LogP contribution in [-0.4, -0.2) is 13.1 Å². The summed E-state index contributed by atoms with van der Waals surface area (Å²) in [5.41, 5.74) is -2.80. The first-order valence-electron chi connectivity index (χ1n) is 5.69. The molecule has 116 valence electrons. The number of rotatable bonds is 2. The number of esters is 1. The van der Waals surface area contributed by atoms with Crippen molar-refractivity contribution in [1.82, 2.24) is 0 Å². The van der Waals surface area contributed by atoms with Crippen LogP contribution in [0.3, 0.4) is 0 Å². The summed E-state index contributed by atoms with van der Waals surface area (Å²) in [6.45, 7) is 0. The third-order valence-corrected chi connectivity index (χ3v) is 3.40. The maximum atomic E-state index is 14.1. The zero-order chi connectivity index (χ0) is 16.6. The number of ether oxygens (including phenoxy) is 1. The van der Waals surface area contributed by atoms with E-state index in [-0.39, 0.29) is 15.6 Å². The molecule has 8 heteroatoms. The molecule has 0 unspecified atom stereocenters. The summed E-state index contributed by atoms with van der Waals surface area (Å²) in [5.74, 6) is -8.80. The molecular formula is C14H6Cl2F4O2. The summed E-state index contributed by atoms with van der Waals surface area (Å²) in [7, 11) is 0.820. The largest absolute Gasteiger partial charge is 0.465 e. The Morgan fingerprint density at radius 1 is 1.00 bits per heavy atom. The Morgan fingerprint density at radius 2 is 1.55 bits per heavy atom. The van der Waals surface area contributed by atoms with Crippen LogP contribution in [0.1, 0.15) is 10.4 Å². The van der Waals surface area contributed by atoms with E-state index in [1.54, 1.807) is 0 Å². The van der Waals surface area contributed by atoms with Crippen LogP contribution < -0.4 is 0 Å². The molecule has 0 saturated carbocycles. The molecule has 0 amide bonds. The van der Waals surface area contributed by atoms with Gasteiger partial charge in [-0.15, -0.1) is 0 Å². The van der Waals surface area contributed by atoms with E-state index in [0.29, 0.717) is 0 Å². The van der Waals surface area contributed by atoms with E-state index >= 15 is 0 Å². The molecule has 22 heavy (non-hydrogen) atoms. The normalized spacial score (nSPS) is 10.7. The summed E-state index contributed by atoms with van der Waals surface area (Å²) < 4.78 is 60.0. The van der Waals surface area contributed by atoms with Gasteiger partial charge in [-0.3, -0.25) is 0 Å². The van der Waals surface area contributed by atoms with Gasteiger partial charge in [0.05, 0.1) is 17.7 Å². The van der Waals surface area contributed by atoms with Crippen molar-refractivity contribution in [3.05, 3.63) is 57.1 Å². The van der Waals surface area contributed by atoms with Gasteiger partial charge in [-0.25, -0.2) is 22.4 Å². The van der Waals surface area contributed by atoms with E-state index in [4.69, 9.17) is 23.2 Å². The van der Waals surface area contributed by atoms with Crippen molar-refractivity contribution in [2.24, 2.45) is 0 Å². The minimum Gasteiger partial charge on any atom is -0.465 e. The molecule has 0 aromatic heterocycles. The summed E-state index contributed by atoms with van der Waals surface area (Å²) in [6.07, 6.45) is 0. The molecule has 0 aliphatic carbocycles. The van der Waals surface area contributed by atoms with Crippen LogP contribution >= 0.6 is 23.2 Å². The lowest BCUT2D eigenvalue weighted by atomic mass is 10.0. The molecule has 0 aliphatic heterocycles. The number of benzene rings is 2. The zero-order valence-corrected chi connectivity index (χ0v) is 12.3. The molecule has 0 atom stereocenters. The van der Waals surface area contributed by atoms with Gasteiger partial charge in [-0.2, -0.15) is 0 Å². The van der Waals surface area contributed by atoms with Gasteiger partial charge in [0.2, 0.25) is 0 Å². The summed E-state index contributed by atoms with van der Waals surface area (Å²) in [4.78, 5) is 11.2. The number of hydrogen-bond donors (Lipinski definition) is 0. The number of methoxy groups -OCH3 is 1. The molecule has 2 nitrogen and oxygen atoms in total. The first-order chi connectivity index (χ1) is 10.3. The minimum atomic E-state index is -1.87. The molecule has 2 aromatic carbocycles. The summed E-state index contributed by atoms with van der Waals surface area (Å²) in [6, 6.07) is 3.50. The first kappa shape index (κ1) is 16.6. The van der Waals surface area contributed by atoms with Gasteiger partial charge >= 0.3 is 5.97 Å². The fourth-order valence-electron chi connectivity index (χ4n) is 1.84. The lowest BCUT2D eigenvalue weighted by Crippen LogP contribution is -2.13. The van der Waals surface area contributed by atoms with Crippen LogP contribution in [0.25, 0.3) is 11.1 Å². The van der Waals surface area contributed by atoms with Gasteiger partial charge in [0.25, 0.3) is 0 Å². The maximum Gasteiger partial charge on any atom is 0.344 e. The Balaban J connectivity index is 2.82. The van der Waals surface area contributed by atoms with E-state index in [9.17, 15) is 22.4 Å². The number of carbonyl (C=O) groups is 1. The van der Waals surface area contributed by atoms with E-state index < -0.39 is 40.4 Å². The summed E-state index contributed by atoms with van der Waals surface area (Å²) >= 11 is 11.4. The van der Waals surface area contributed by atoms with E-state index in [2.05, 4.69) is 4.74 Å². The topological polar surface area (TPSA) is 26.3 Å². The second kappa shape index (κ2) is 6.14. The van der Waals surface area contributed by atoms with Crippen molar-refractivity contribution in [3.8, 4) is 11.1 Å². The standard InChI is InChI=1S/C14H6Cl2F4O2/c1-22-14(21)9-12(19)10(17)8(11(18)13(9)20)6-3-2-5(15)4-7(6)16/h2-4H,1H3. The molecule has 0 bridgehead atoms. The highest BCUT2D eigenvalue weighted by atomic mass is 35.5. The van der Waals surface area contributed by atoms with Crippen LogP contribution in [0, 0.1) is 23.3 Å². The molecule has 0 fully saturated rings. The quantitative estimate of drug-likeness (QED) is 0.431. The number of halogens is 6. The van der Waals surface area contributed by atoms with Gasteiger partial charge in [-0.1, -0.05) is 29.3 Å². The van der Waals surface area contributed by atoms with Crippen molar-refractivity contribution in [1.29, 1.82) is 0 Å². The van der Waals surface area contributed by atoms with E-state index in [1.165, 1.54) is 6.07 Å². The van der Waals surface area contributed by atoms with Crippen molar-refractivity contribution in [2.45, 2.75) is 0 Å². The average Bonchev–Trinajstić information content (AvgIpc) is 2.47. The fourth-order valence-corrected chi connectivity index (χ4v) is 2.34. The third-order valence-electron chi connectivity index (χ3n) is 2.85. The Morgan fingerprint density at radius 3 is 2.00 bits per heavy atom. The highest BCUT2D eigenvalue weighted by Crippen LogP contribution is 2.37. The number of carbonyl (C=O) groups excluding carboxylic acids is 1. The third kappa shape index (κ3) is 2.64. The fraction of sp³-hybridized carbons (Fsp3) is 0.0714. The van der Waals surface area contributed by atoms with E-state index in [0.717, 1.165) is 19.2 Å². The van der Waals surface area contributed by atoms with Crippen molar-refractivity contribution >= 4 is 29.2 Å². The average molecular weight is 353 g/mol. The lowest BCUT2D eigenvalue weighted by molar-refractivity contribution is 0.0587. The SMILES string of the molecule is COC(=O)c1c(F)c(F)c(-c2ccc(Cl)cc2Cl)c(F)c1F. The molecule has 0 N–H and O–H groups in total. The van der Waals surface area contributed by atoms with Crippen molar-refractivity contribution in [3.63, 3.8) is 0 Å². The van der Waals surface area contributed by atoms with Crippen molar-refractivity contribution < 1.29 is 27.1 Å². The van der Waals surface area contributed by atoms with Gasteiger partial charge in [0, 0.05) is 10.6 Å². The molecular weight excluding hydrogens is 347 g/mol. The van der Waals surface area contributed by atoms with Crippen LogP contribution in [0.2, 0.25) is 10.0 Å². The maximum absolute atomic E-state index is 14.1. The molecule has 0 aliphatic rings. The predicted octanol–water partition coefficient (Wildman–Crippen LogP) is 5.00. The monoisotopic (exact) mass is 352 g/mol. The second-order valence-corrected chi connectivity index (χ2v) is 4.97. The Hall–Kier alpha value is -1.79. The number of hydrogen-bond acceptors (Lipinski definition) is 2. The molecule has 2 rings (SSSR count). The Labute approximate surface area is 132 Å². The Bertz CT molecular complexity index is 749. The van der Waals surface area contributed by atoms with Crippen LogP contribution in [-0.2, 0) is 4.74 Å². The lowest BCUT2D eigenvalue weighted by Gasteiger charge is -2.12. The van der Waals surface area contributed by atoms with Gasteiger partial charge in [-0.05, 0) is 12.1 Å². The first-order valence-corrected chi connectivity index (χ1v) is 6.44. The predicted molar refractivity (Wildman–Crippen MR) is 73.1 cm³/mol. The van der Waals surface area contributed by atoms with Crippen LogP contribution in [0.5, 0.6) is 0 Å². The molecule has 0 saturated heterocycles. The molecule has 2 aromatic rings. The summed E-state index contributed by atoms with van der Waals surface area (Å²) in [5, 5.41) is -0.0448. The van der Waals surface area contributed by atoms with Crippen LogP contribution in [0.15, 0.2) is 18.2 Å². The van der Waals surface area contributed by atoms with Crippen LogP contribution in [0.4, 0.5) is 17.6 Å².